The van der Waals surface area contributed by atoms with E-state index in [2.05, 4.69) is 0 Å². The van der Waals surface area contributed by atoms with E-state index in [-0.39, 0.29) is 22.8 Å². The van der Waals surface area contributed by atoms with Crippen LogP contribution in [0.2, 0.25) is 0 Å². The zero-order chi connectivity index (χ0) is 17.6. The first-order chi connectivity index (χ1) is 12.1. The fourth-order valence-electron chi connectivity index (χ4n) is 2.21. The van der Waals surface area contributed by atoms with Gasteiger partial charge in [0.25, 0.3) is 0 Å². The zero-order valence-corrected chi connectivity index (χ0v) is 13.1. The highest BCUT2D eigenvalue weighted by Gasteiger charge is 2.15. The number of carbonyl (C=O) groups is 2. The molecule has 0 fully saturated rings. The molecule has 0 aliphatic heterocycles. The van der Waals surface area contributed by atoms with Crippen molar-refractivity contribution in [3.8, 4) is 17.2 Å². The molecule has 0 heterocycles. The van der Waals surface area contributed by atoms with Crippen LogP contribution in [0, 0.1) is 0 Å². The van der Waals surface area contributed by atoms with Crippen LogP contribution in [-0.2, 0) is 0 Å². The zero-order valence-electron chi connectivity index (χ0n) is 13.1. The molecule has 5 heteroatoms. The molecule has 0 unspecified atom stereocenters. The Morgan fingerprint density at radius 3 is 1.96 bits per heavy atom. The largest absolute Gasteiger partial charge is 0.519 e. The molecule has 0 atom stereocenters. The quantitative estimate of drug-likeness (QED) is 0.440. The third-order valence-corrected chi connectivity index (χ3v) is 3.40. The van der Waals surface area contributed by atoms with E-state index in [0.717, 1.165) is 0 Å². The summed E-state index contributed by atoms with van der Waals surface area (Å²) in [6.07, 6.45) is -0.937. The summed E-state index contributed by atoms with van der Waals surface area (Å²) < 4.78 is 10.0. The molecule has 3 aromatic rings. The number of ketones is 1. The first-order valence-corrected chi connectivity index (χ1v) is 7.51. The predicted molar refractivity (Wildman–Crippen MR) is 91.1 cm³/mol. The SMILES string of the molecule is O=C(Oc1ccccc1)Oc1ccc(C(=O)c2ccccc2)c(O)c1. The number of phenolic OH excluding ortho intramolecular Hbond substituents is 1. The number of hydrogen-bond donors (Lipinski definition) is 1. The fourth-order valence-corrected chi connectivity index (χ4v) is 2.21. The van der Waals surface area contributed by atoms with Gasteiger partial charge >= 0.3 is 6.16 Å². The summed E-state index contributed by atoms with van der Waals surface area (Å²) in [6.45, 7) is 0. The molecule has 0 saturated heterocycles. The van der Waals surface area contributed by atoms with Gasteiger partial charge < -0.3 is 14.6 Å². The Balaban J connectivity index is 1.71. The van der Waals surface area contributed by atoms with Gasteiger partial charge in [-0.15, -0.1) is 0 Å². The van der Waals surface area contributed by atoms with Crippen LogP contribution in [0.4, 0.5) is 4.79 Å². The van der Waals surface area contributed by atoms with Crippen LogP contribution in [-0.4, -0.2) is 17.0 Å². The van der Waals surface area contributed by atoms with Gasteiger partial charge in [-0.25, -0.2) is 4.79 Å². The maximum Gasteiger partial charge on any atom is 0.519 e. The molecular formula is C20H14O5. The van der Waals surface area contributed by atoms with Gasteiger partial charge in [-0.05, 0) is 24.3 Å². The van der Waals surface area contributed by atoms with Crippen molar-refractivity contribution in [1.82, 2.24) is 0 Å². The number of phenols is 1. The Bertz CT molecular complexity index is 888. The fraction of sp³-hybridized carbons (Fsp3) is 0. The number of benzene rings is 3. The van der Waals surface area contributed by atoms with E-state index in [9.17, 15) is 14.7 Å². The lowest BCUT2D eigenvalue weighted by Gasteiger charge is -2.08. The Kier molecular flexibility index (Phi) is 4.76. The Hall–Kier alpha value is -3.60. The molecule has 0 radical (unpaired) electrons. The van der Waals surface area contributed by atoms with Gasteiger partial charge in [0.05, 0.1) is 5.56 Å². The van der Waals surface area contributed by atoms with Crippen LogP contribution < -0.4 is 9.47 Å². The average molecular weight is 334 g/mol. The Morgan fingerprint density at radius 2 is 1.32 bits per heavy atom. The van der Waals surface area contributed by atoms with Gasteiger partial charge in [0.2, 0.25) is 0 Å². The lowest BCUT2D eigenvalue weighted by Crippen LogP contribution is -2.13. The second kappa shape index (κ2) is 7.31. The summed E-state index contributed by atoms with van der Waals surface area (Å²) in [7, 11) is 0. The molecule has 0 saturated carbocycles. The van der Waals surface area contributed by atoms with Gasteiger partial charge in [-0.3, -0.25) is 4.79 Å². The molecule has 0 aromatic heterocycles. The molecule has 0 bridgehead atoms. The summed E-state index contributed by atoms with van der Waals surface area (Å²) in [5, 5.41) is 10.1. The third-order valence-electron chi connectivity index (χ3n) is 3.40. The highest BCUT2D eigenvalue weighted by atomic mass is 16.7. The molecule has 3 aromatic carbocycles. The van der Waals surface area contributed by atoms with Crippen molar-refractivity contribution in [2.45, 2.75) is 0 Å². The standard InChI is InChI=1S/C20H14O5/c21-18-13-16(25-20(23)24-15-9-5-2-6-10-15)11-12-17(18)19(22)14-7-3-1-4-8-14/h1-13,21H. The smallest absolute Gasteiger partial charge is 0.507 e. The number of para-hydroxylation sites is 1. The highest BCUT2D eigenvalue weighted by molar-refractivity contribution is 6.10. The van der Waals surface area contributed by atoms with Crippen molar-refractivity contribution in [1.29, 1.82) is 0 Å². The lowest BCUT2D eigenvalue weighted by molar-refractivity contribution is 0.103. The lowest BCUT2D eigenvalue weighted by atomic mass is 10.0. The van der Waals surface area contributed by atoms with Crippen LogP contribution in [0.25, 0.3) is 0 Å². The minimum absolute atomic E-state index is 0.0723. The molecule has 0 amide bonds. The third kappa shape index (κ3) is 4.03. The van der Waals surface area contributed by atoms with E-state index in [1.54, 1.807) is 60.7 Å². The Labute approximate surface area is 144 Å². The summed E-state index contributed by atoms with van der Waals surface area (Å²) in [6, 6.07) is 21.1. The molecule has 1 N–H and O–H groups in total. The van der Waals surface area contributed by atoms with Gasteiger partial charge in [0.1, 0.15) is 17.2 Å². The van der Waals surface area contributed by atoms with Crippen molar-refractivity contribution in [2.24, 2.45) is 0 Å². The normalized spacial score (nSPS) is 10.1. The second-order valence-electron chi connectivity index (χ2n) is 5.14. The summed E-state index contributed by atoms with van der Waals surface area (Å²) >= 11 is 0. The van der Waals surface area contributed by atoms with Crippen LogP contribution in [0.1, 0.15) is 15.9 Å². The number of carbonyl (C=O) groups excluding carboxylic acids is 2. The Morgan fingerprint density at radius 1 is 0.720 bits per heavy atom. The van der Waals surface area contributed by atoms with Crippen molar-refractivity contribution < 1.29 is 24.2 Å². The highest BCUT2D eigenvalue weighted by Crippen LogP contribution is 2.26. The molecule has 0 spiro atoms. The topological polar surface area (TPSA) is 72.8 Å². The van der Waals surface area contributed by atoms with Crippen LogP contribution in [0.5, 0.6) is 17.2 Å². The van der Waals surface area contributed by atoms with Gasteiger partial charge in [-0.1, -0.05) is 48.5 Å². The number of hydrogen-bond acceptors (Lipinski definition) is 5. The molecular weight excluding hydrogens is 320 g/mol. The number of rotatable bonds is 4. The first-order valence-electron chi connectivity index (χ1n) is 7.51. The van der Waals surface area contributed by atoms with E-state index >= 15 is 0 Å². The van der Waals surface area contributed by atoms with Crippen LogP contribution in [0.15, 0.2) is 78.9 Å². The van der Waals surface area contributed by atoms with Crippen molar-refractivity contribution >= 4 is 11.9 Å². The number of aromatic hydroxyl groups is 1. The predicted octanol–water partition coefficient (Wildman–Crippen LogP) is 4.20. The maximum atomic E-state index is 12.3. The van der Waals surface area contributed by atoms with Crippen molar-refractivity contribution in [3.05, 3.63) is 90.0 Å². The molecule has 0 aliphatic rings. The summed E-state index contributed by atoms with van der Waals surface area (Å²) in [5.41, 5.74) is 0.574. The molecule has 5 nitrogen and oxygen atoms in total. The van der Waals surface area contributed by atoms with Crippen molar-refractivity contribution in [3.63, 3.8) is 0 Å². The monoisotopic (exact) mass is 334 g/mol. The molecule has 25 heavy (non-hydrogen) atoms. The van der Waals surface area contributed by atoms with E-state index in [1.807, 2.05) is 0 Å². The van der Waals surface area contributed by atoms with Gasteiger partial charge in [0, 0.05) is 11.6 Å². The maximum absolute atomic E-state index is 12.3. The van der Waals surface area contributed by atoms with E-state index in [4.69, 9.17) is 9.47 Å². The summed E-state index contributed by atoms with van der Waals surface area (Å²) in [5.74, 6) is -0.189. The van der Waals surface area contributed by atoms with E-state index < -0.39 is 6.16 Å². The van der Waals surface area contributed by atoms with Gasteiger partial charge in [-0.2, -0.15) is 0 Å². The van der Waals surface area contributed by atoms with E-state index in [1.165, 1.54) is 18.2 Å². The van der Waals surface area contributed by atoms with Gasteiger partial charge in [0.15, 0.2) is 5.78 Å². The van der Waals surface area contributed by atoms with E-state index in [0.29, 0.717) is 11.3 Å². The molecule has 124 valence electrons. The van der Waals surface area contributed by atoms with Crippen molar-refractivity contribution in [2.75, 3.05) is 0 Å². The second-order valence-corrected chi connectivity index (χ2v) is 5.14. The average Bonchev–Trinajstić information content (AvgIpc) is 2.63. The van der Waals surface area contributed by atoms with Crippen LogP contribution in [0.3, 0.4) is 0 Å². The number of ether oxygens (including phenoxy) is 2. The van der Waals surface area contributed by atoms with Crippen LogP contribution >= 0.6 is 0 Å². The molecule has 0 aliphatic carbocycles. The minimum Gasteiger partial charge on any atom is -0.507 e. The molecule has 3 rings (SSSR count). The minimum atomic E-state index is -0.937. The summed E-state index contributed by atoms with van der Waals surface area (Å²) in [4.78, 5) is 24.1. The first kappa shape index (κ1) is 16.3.